The fraction of sp³-hybridized carbons (Fsp3) is 0.857. The summed E-state index contributed by atoms with van der Waals surface area (Å²) in [7, 11) is 0. The van der Waals surface area contributed by atoms with Gasteiger partial charge in [-0.3, -0.25) is 4.79 Å². The van der Waals surface area contributed by atoms with Gasteiger partial charge in [0, 0.05) is 12.5 Å². The van der Waals surface area contributed by atoms with Crippen LogP contribution in [0.2, 0.25) is 0 Å². The molecule has 1 fully saturated rings. The first-order valence-corrected chi connectivity index (χ1v) is 3.66. The zero-order chi connectivity index (χ0) is 7.56. The van der Waals surface area contributed by atoms with Crippen molar-refractivity contribution in [2.45, 2.75) is 31.7 Å². The molecule has 2 atom stereocenters. The van der Waals surface area contributed by atoms with E-state index in [1.807, 2.05) is 0 Å². The molecule has 0 aromatic rings. The Kier molecular flexibility index (Phi) is 2.27. The summed E-state index contributed by atoms with van der Waals surface area (Å²) < 4.78 is 0. The SMILES string of the molecule is N[C@@H]1CC[C@H](CC(=O)O)C1. The number of carboxylic acids is 1. The predicted molar refractivity (Wildman–Crippen MR) is 37.6 cm³/mol. The van der Waals surface area contributed by atoms with Crippen molar-refractivity contribution < 1.29 is 9.90 Å². The number of rotatable bonds is 2. The van der Waals surface area contributed by atoms with E-state index >= 15 is 0 Å². The van der Waals surface area contributed by atoms with Gasteiger partial charge in [0.1, 0.15) is 0 Å². The Bertz CT molecular complexity index is 136. The van der Waals surface area contributed by atoms with Gasteiger partial charge in [0.05, 0.1) is 0 Å². The van der Waals surface area contributed by atoms with Crippen LogP contribution in [-0.4, -0.2) is 17.1 Å². The molecule has 1 saturated carbocycles. The highest BCUT2D eigenvalue weighted by Gasteiger charge is 2.23. The first-order chi connectivity index (χ1) is 4.68. The van der Waals surface area contributed by atoms with Gasteiger partial charge in [-0.25, -0.2) is 0 Å². The molecule has 58 valence electrons. The summed E-state index contributed by atoms with van der Waals surface area (Å²) in [6.07, 6.45) is 3.19. The fourth-order valence-corrected chi connectivity index (χ4v) is 1.55. The maximum atomic E-state index is 10.2. The Hall–Kier alpha value is -0.570. The minimum atomic E-state index is -0.695. The molecule has 0 aromatic carbocycles. The summed E-state index contributed by atoms with van der Waals surface area (Å²) in [6.45, 7) is 0. The molecule has 0 unspecified atom stereocenters. The highest BCUT2D eigenvalue weighted by molar-refractivity contribution is 5.67. The molecule has 0 bridgehead atoms. The van der Waals surface area contributed by atoms with Gasteiger partial charge >= 0.3 is 5.97 Å². The molecule has 1 rings (SSSR count). The van der Waals surface area contributed by atoms with Crippen molar-refractivity contribution in [2.75, 3.05) is 0 Å². The standard InChI is InChI=1S/C7H13NO2/c8-6-2-1-5(3-6)4-7(9)10/h5-6H,1-4,8H2,(H,9,10)/t5-,6+/m0/s1. The molecule has 3 nitrogen and oxygen atoms in total. The largest absolute Gasteiger partial charge is 0.481 e. The van der Waals surface area contributed by atoms with E-state index in [0.29, 0.717) is 12.3 Å². The van der Waals surface area contributed by atoms with Gasteiger partial charge in [0.2, 0.25) is 0 Å². The quantitative estimate of drug-likeness (QED) is 0.594. The molecule has 0 spiro atoms. The van der Waals surface area contributed by atoms with E-state index in [9.17, 15) is 4.79 Å². The maximum absolute atomic E-state index is 10.2. The van der Waals surface area contributed by atoms with Crippen LogP contribution in [0.15, 0.2) is 0 Å². The number of carboxylic acid groups (broad SMARTS) is 1. The Morgan fingerprint density at radius 1 is 1.60 bits per heavy atom. The summed E-state index contributed by atoms with van der Waals surface area (Å²) in [6, 6.07) is 0.254. The molecular weight excluding hydrogens is 130 g/mol. The van der Waals surface area contributed by atoms with Crippen LogP contribution in [-0.2, 0) is 4.79 Å². The molecule has 1 aliphatic rings. The monoisotopic (exact) mass is 143 g/mol. The first kappa shape index (κ1) is 7.54. The summed E-state index contributed by atoms with van der Waals surface area (Å²) >= 11 is 0. The van der Waals surface area contributed by atoms with Gasteiger partial charge in [-0.15, -0.1) is 0 Å². The van der Waals surface area contributed by atoms with Crippen molar-refractivity contribution in [3.63, 3.8) is 0 Å². The number of aliphatic carboxylic acids is 1. The van der Waals surface area contributed by atoms with Gasteiger partial charge in [0.15, 0.2) is 0 Å². The van der Waals surface area contributed by atoms with Crippen LogP contribution in [0, 0.1) is 5.92 Å². The normalized spacial score (nSPS) is 32.5. The summed E-state index contributed by atoms with van der Waals surface area (Å²) in [5, 5.41) is 8.42. The zero-order valence-corrected chi connectivity index (χ0v) is 5.92. The molecule has 10 heavy (non-hydrogen) atoms. The number of nitrogens with two attached hydrogens (primary N) is 1. The van der Waals surface area contributed by atoms with Crippen molar-refractivity contribution in [3.8, 4) is 0 Å². The molecular formula is C7H13NO2. The van der Waals surface area contributed by atoms with Crippen LogP contribution in [0.5, 0.6) is 0 Å². The van der Waals surface area contributed by atoms with Crippen LogP contribution in [0.3, 0.4) is 0 Å². The molecule has 1 aliphatic carbocycles. The third-order valence-electron chi connectivity index (χ3n) is 2.05. The Labute approximate surface area is 60.2 Å². The smallest absolute Gasteiger partial charge is 0.303 e. The van der Waals surface area contributed by atoms with Gasteiger partial charge in [-0.2, -0.15) is 0 Å². The van der Waals surface area contributed by atoms with Crippen molar-refractivity contribution in [2.24, 2.45) is 11.7 Å². The van der Waals surface area contributed by atoms with Crippen molar-refractivity contribution in [1.82, 2.24) is 0 Å². The maximum Gasteiger partial charge on any atom is 0.303 e. The molecule has 0 saturated heterocycles. The van der Waals surface area contributed by atoms with E-state index in [-0.39, 0.29) is 6.04 Å². The molecule has 0 amide bonds. The van der Waals surface area contributed by atoms with Crippen LogP contribution < -0.4 is 5.73 Å². The van der Waals surface area contributed by atoms with Crippen LogP contribution >= 0.6 is 0 Å². The second-order valence-electron chi connectivity index (χ2n) is 3.04. The number of hydrogen-bond donors (Lipinski definition) is 2. The summed E-state index contributed by atoms with van der Waals surface area (Å²) in [4.78, 5) is 10.2. The molecule has 0 heterocycles. The van der Waals surface area contributed by atoms with E-state index in [0.717, 1.165) is 19.3 Å². The van der Waals surface area contributed by atoms with Crippen LogP contribution in [0.25, 0.3) is 0 Å². The highest BCUT2D eigenvalue weighted by atomic mass is 16.4. The minimum absolute atomic E-state index is 0.254. The minimum Gasteiger partial charge on any atom is -0.481 e. The molecule has 3 heteroatoms. The van der Waals surface area contributed by atoms with Gasteiger partial charge < -0.3 is 10.8 Å². The Balaban J connectivity index is 2.24. The second kappa shape index (κ2) is 3.01. The number of carbonyl (C=O) groups is 1. The van der Waals surface area contributed by atoms with Crippen LogP contribution in [0.4, 0.5) is 0 Å². The molecule has 0 radical (unpaired) electrons. The fourth-order valence-electron chi connectivity index (χ4n) is 1.55. The van der Waals surface area contributed by atoms with Gasteiger partial charge in [-0.1, -0.05) is 0 Å². The Morgan fingerprint density at radius 2 is 2.30 bits per heavy atom. The number of hydrogen-bond acceptors (Lipinski definition) is 2. The summed E-state index contributed by atoms with van der Waals surface area (Å²) in [5.74, 6) is -0.355. The van der Waals surface area contributed by atoms with Crippen molar-refractivity contribution in [3.05, 3.63) is 0 Å². The van der Waals surface area contributed by atoms with Crippen molar-refractivity contribution in [1.29, 1.82) is 0 Å². The molecule has 3 N–H and O–H groups in total. The van der Waals surface area contributed by atoms with Crippen LogP contribution in [0.1, 0.15) is 25.7 Å². The Morgan fingerprint density at radius 3 is 2.70 bits per heavy atom. The lowest BCUT2D eigenvalue weighted by molar-refractivity contribution is -0.138. The topological polar surface area (TPSA) is 63.3 Å². The average Bonchev–Trinajstić information content (AvgIpc) is 2.13. The first-order valence-electron chi connectivity index (χ1n) is 3.66. The predicted octanol–water partition coefficient (Wildman–Crippen LogP) is 0.588. The summed E-state index contributed by atoms with van der Waals surface area (Å²) in [5.41, 5.74) is 5.61. The second-order valence-corrected chi connectivity index (χ2v) is 3.04. The zero-order valence-electron chi connectivity index (χ0n) is 5.92. The average molecular weight is 143 g/mol. The van der Waals surface area contributed by atoms with E-state index in [1.165, 1.54) is 0 Å². The lowest BCUT2D eigenvalue weighted by Crippen LogP contribution is -2.15. The highest BCUT2D eigenvalue weighted by Crippen LogP contribution is 2.26. The molecule has 0 aliphatic heterocycles. The lowest BCUT2D eigenvalue weighted by Gasteiger charge is -2.03. The molecule has 0 aromatic heterocycles. The van der Waals surface area contributed by atoms with Gasteiger partial charge in [-0.05, 0) is 25.2 Å². The third kappa shape index (κ3) is 1.99. The van der Waals surface area contributed by atoms with Gasteiger partial charge in [0.25, 0.3) is 0 Å². The van der Waals surface area contributed by atoms with Crippen molar-refractivity contribution >= 4 is 5.97 Å². The van der Waals surface area contributed by atoms with E-state index < -0.39 is 5.97 Å². The third-order valence-corrected chi connectivity index (χ3v) is 2.05. The van der Waals surface area contributed by atoms with E-state index in [4.69, 9.17) is 10.8 Å². The van der Waals surface area contributed by atoms with E-state index in [1.54, 1.807) is 0 Å². The lowest BCUT2D eigenvalue weighted by atomic mass is 10.0. The van der Waals surface area contributed by atoms with E-state index in [2.05, 4.69) is 0 Å².